The second kappa shape index (κ2) is 4.23. The third-order valence-electron chi connectivity index (χ3n) is 0.602. The lowest BCUT2D eigenvalue weighted by atomic mass is 10.6. The lowest BCUT2D eigenvalue weighted by molar-refractivity contribution is -0.135. The molecule has 60 valence electrons. The van der Waals surface area contributed by atoms with E-state index in [9.17, 15) is 4.79 Å². The minimum atomic E-state index is -1.42. The topological polar surface area (TPSA) is 49.3 Å². The number of carboxylic acid groups (broad SMARTS) is 1. The quantitative estimate of drug-likeness (QED) is 0.678. The Morgan fingerprint density at radius 1 is 1.50 bits per heavy atom. The van der Waals surface area contributed by atoms with Gasteiger partial charge in [0.1, 0.15) is 0 Å². The van der Waals surface area contributed by atoms with E-state index in [0.717, 1.165) is 0 Å². The Morgan fingerprint density at radius 3 is 2.30 bits per heavy atom. The Labute approximate surface area is 73.2 Å². The Bertz CT molecular complexity index is 122. The summed E-state index contributed by atoms with van der Waals surface area (Å²) in [4.78, 5) is 9.89. The molecule has 0 heterocycles. The number of alkyl halides is 3. The number of rotatable bonds is 3. The van der Waals surface area contributed by atoms with Crippen LogP contribution < -0.4 is 5.32 Å². The third kappa shape index (κ3) is 8.30. The molecular weight excluding hydrogens is 200 g/mol. The van der Waals surface area contributed by atoms with Crippen molar-refractivity contribution in [3.05, 3.63) is 0 Å². The van der Waals surface area contributed by atoms with Gasteiger partial charge in [-0.25, -0.2) is 0 Å². The Balaban J connectivity index is 3.29. The van der Waals surface area contributed by atoms with Crippen LogP contribution in [-0.4, -0.2) is 28.0 Å². The van der Waals surface area contributed by atoms with Crippen LogP contribution in [0.2, 0.25) is 0 Å². The van der Waals surface area contributed by atoms with Gasteiger partial charge in [0.15, 0.2) is 0 Å². The largest absolute Gasteiger partial charge is 0.480 e. The summed E-state index contributed by atoms with van der Waals surface area (Å²) in [5.74, 6) is -0.978. The maximum absolute atomic E-state index is 9.89. The van der Waals surface area contributed by atoms with E-state index in [4.69, 9.17) is 39.9 Å². The molecule has 6 heteroatoms. The molecule has 0 aromatic carbocycles. The van der Waals surface area contributed by atoms with Crippen molar-refractivity contribution < 1.29 is 9.90 Å². The van der Waals surface area contributed by atoms with Crippen molar-refractivity contribution in [3.63, 3.8) is 0 Å². The smallest absolute Gasteiger partial charge is 0.317 e. The Kier molecular flexibility index (Phi) is 4.36. The van der Waals surface area contributed by atoms with Crippen LogP contribution in [0, 0.1) is 0 Å². The summed E-state index contributed by atoms with van der Waals surface area (Å²) in [5.41, 5.74) is 0. The van der Waals surface area contributed by atoms with E-state index in [-0.39, 0.29) is 13.1 Å². The summed E-state index contributed by atoms with van der Waals surface area (Å²) in [5, 5.41) is 10.5. The fourth-order valence-electron chi connectivity index (χ4n) is 0.311. The molecule has 0 amide bonds. The first-order chi connectivity index (χ1) is 4.42. The van der Waals surface area contributed by atoms with Gasteiger partial charge in [0.25, 0.3) is 0 Å². The molecule has 0 saturated heterocycles. The highest BCUT2D eigenvalue weighted by atomic mass is 35.6. The van der Waals surface area contributed by atoms with E-state index in [1.165, 1.54) is 0 Å². The molecule has 0 rings (SSSR count). The van der Waals surface area contributed by atoms with E-state index >= 15 is 0 Å². The molecule has 0 aliphatic heterocycles. The average Bonchev–Trinajstić information content (AvgIpc) is 1.59. The maximum atomic E-state index is 9.89. The van der Waals surface area contributed by atoms with E-state index in [1.807, 2.05) is 0 Å². The van der Waals surface area contributed by atoms with Gasteiger partial charge in [0.2, 0.25) is 3.79 Å². The second-order valence-electron chi connectivity index (χ2n) is 1.61. The zero-order valence-corrected chi connectivity index (χ0v) is 7.17. The van der Waals surface area contributed by atoms with Gasteiger partial charge in [0, 0.05) is 6.54 Å². The Hall–Kier alpha value is 0.300. The number of nitrogens with one attached hydrogen (secondary N) is 1. The van der Waals surface area contributed by atoms with E-state index in [2.05, 4.69) is 5.32 Å². The SMILES string of the molecule is O=C(O)CNCC(Cl)(Cl)Cl. The molecular formula is C4H6Cl3NO2. The first-order valence-electron chi connectivity index (χ1n) is 2.41. The number of aliphatic carboxylic acids is 1. The van der Waals surface area contributed by atoms with Crippen LogP contribution in [0.25, 0.3) is 0 Å². The molecule has 0 atom stereocenters. The molecule has 10 heavy (non-hydrogen) atoms. The number of hydrogen-bond donors (Lipinski definition) is 2. The van der Waals surface area contributed by atoms with Crippen molar-refractivity contribution in [2.75, 3.05) is 13.1 Å². The van der Waals surface area contributed by atoms with Gasteiger partial charge < -0.3 is 10.4 Å². The maximum Gasteiger partial charge on any atom is 0.317 e. The van der Waals surface area contributed by atoms with Crippen molar-refractivity contribution in [2.24, 2.45) is 0 Å². The van der Waals surface area contributed by atoms with Gasteiger partial charge >= 0.3 is 5.97 Å². The molecule has 0 spiro atoms. The molecule has 0 radical (unpaired) electrons. The summed E-state index contributed by atoms with van der Waals surface area (Å²) in [7, 11) is 0. The lowest BCUT2D eigenvalue weighted by Crippen LogP contribution is -2.30. The standard InChI is InChI=1S/C4H6Cl3NO2/c5-4(6,7)2-8-1-3(9)10/h8H,1-2H2,(H,9,10). The van der Waals surface area contributed by atoms with Crippen LogP contribution in [0.15, 0.2) is 0 Å². The van der Waals surface area contributed by atoms with Crippen LogP contribution in [0.4, 0.5) is 0 Å². The zero-order chi connectivity index (χ0) is 8.20. The average molecular weight is 206 g/mol. The van der Waals surface area contributed by atoms with Gasteiger partial charge in [-0.1, -0.05) is 34.8 Å². The van der Waals surface area contributed by atoms with Gasteiger partial charge in [-0.3, -0.25) is 4.79 Å². The highest BCUT2D eigenvalue weighted by Gasteiger charge is 2.18. The van der Waals surface area contributed by atoms with Gasteiger partial charge in [-0.2, -0.15) is 0 Å². The second-order valence-corrected chi connectivity index (χ2v) is 4.13. The monoisotopic (exact) mass is 205 g/mol. The zero-order valence-electron chi connectivity index (χ0n) is 4.90. The van der Waals surface area contributed by atoms with Crippen LogP contribution in [0.3, 0.4) is 0 Å². The molecule has 0 aromatic rings. The summed E-state index contributed by atoms with van der Waals surface area (Å²) in [6.07, 6.45) is 0. The minimum Gasteiger partial charge on any atom is -0.480 e. The van der Waals surface area contributed by atoms with Crippen LogP contribution in [0.1, 0.15) is 0 Å². The summed E-state index contributed by atoms with van der Waals surface area (Å²) in [6, 6.07) is 0. The molecule has 3 nitrogen and oxygen atoms in total. The molecule has 0 unspecified atom stereocenters. The fraction of sp³-hybridized carbons (Fsp3) is 0.750. The van der Waals surface area contributed by atoms with Crippen LogP contribution >= 0.6 is 34.8 Å². The number of halogens is 3. The first kappa shape index (κ1) is 10.3. The molecule has 0 aromatic heterocycles. The molecule has 0 fully saturated rings. The van der Waals surface area contributed by atoms with E-state index in [0.29, 0.717) is 0 Å². The molecule has 2 N–H and O–H groups in total. The van der Waals surface area contributed by atoms with Crippen molar-refractivity contribution in [1.82, 2.24) is 5.32 Å². The number of carbonyl (C=O) groups is 1. The van der Waals surface area contributed by atoms with Gasteiger partial charge in [-0.15, -0.1) is 0 Å². The highest BCUT2D eigenvalue weighted by molar-refractivity contribution is 6.67. The summed E-state index contributed by atoms with van der Waals surface area (Å²) >= 11 is 15.9. The van der Waals surface area contributed by atoms with Crippen molar-refractivity contribution in [1.29, 1.82) is 0 Å². The Morgan fingerprint density at radius 2 is 2.00 bits per heavy atom. The number of hydrogen-bond acceptors (Lipinski definition) is 2. The fourth-order valence-corrected chi connectivity index (χ4v) is 0.595. The minimum absolute atomic E-state index is 0.0317. The van der Waals surface area contributed by atoms with Crippen molar-refractivity contribution in [3.8, 4) is 0 Å². The normalized spacial score (nSPS) is 11.5. The molecule has 0 aliphatic carbocycles. The first-order valence-corrected chi connectivity index (χ1v) is 3.54. The van der Waals surface area contributed by atoms with E-state index < -0.39 is 9.76 Å². The summed E-state index contributed by atoms with van der Waals surface area (Å²) < 4.78 is -1.42. The lowest BCUT2D eigenvalue weighted by Gasteiger charge is -2.09. The van der Waals surface area contributed by atoms with Crippen molar-refractivity contribution in [2.45, 2.75) is 3.79 Å². The van der Waals surface area contributed by atoms with Gasteiger partial charge in [0.05, 0.1) is 6.54 Å². The van der Waals surface area contributed by atoms with Gasteiger partial charge in [-0.05, 0) is 0 Å². The predicted octanol–water partition coefficient (Wildman–Crippen LogP) is 1.03. The molecule has 0 bridgehead atoms. The van der Waals surface area contributed by atoms with Crippen LogP contribution in [-0.2, 0) is 4.79 Å². The van der Waals surface area contributed by atoms with E-state index in [1.54, 1.807) is 0 Å². The molecule has 0 saturated carbocycles. The molecule has 0 aliphatic rings. The predicted molar refractivity (Wildman–Crippen MR) is 40.8 cm³/mol. The van der Waals surface area contributed by atoms with Crippen LogP contribution in [0.5, 0.6) is 0 Å². The highest BCUT2D eigenvalue weighted by Crippen LogP contribution is 2.24. The summed E-state index contributed by atoms with van der Waals surface area (Å²) in [6.45, 7) is -0.169. The number of carboxylic acids is 1. The van der Waals surface area contributed by atoms with Crippen molar-refractivity contribution >= 4 is 40.8 Å². The third-order valence-corrected chi connectivity index (χ3v) is 1.00.